The van der Waals surface area contributed by atoms with Gasteiger partial charge in [0.15, 0.2) is 6.10 Å². The summed E-state index contributed by atoms with van der Waals surface area (Å²) in [4.78, 5) is 38.3. The summed E-state index contributed by atoms with van der Waals surface area (Å²) in [6, 6.07) is 0. The molecule has 0 aromatic carbocycles. The third-order valence-electron chi connectivity index (χ3n) is 13.4. The number of esters is 3. The number of ether oxygens (including phenoxy) is 3. The summed E-state index contributed by atoms with van der Waals surface area (Å²) in [6.45, 7) is 6.48. The number of allylic oxidation sites excluding steroid dienone is 20. The Kier molecular flexibility index (Phi) is 60.8. The Morgan fingerprint density at radius 2 is 0.506 bits per heavy atom. The number of hydrogen-bond acceptors (Lipinski definition) is 6. The summed E-state index contributed by atoms with van der Waals surface area (Å²) in [5.41, 5.74) is 0. The minimum absolute atomic E-state index is 0.0997. The molecule has 0 saturated carbocycles. The van der Waals surface area contributed by atoms with E-state index in [-0.39, 0.29) is 31.1 Å². The molecular formula is C71H118O6. The standard InChI is InChI=1S/C71H118O6/c1-4-7-10-13-16-19-22-25-28-31-33-34-35-36-37-38-39-41-43-46-49-52-55-58-61-64-70(73)76-67-68(66-75-69(72)63-60-57-54-51-48-45-42-30-27-24-21-18-15-12-9-6-3)77-71(74)65-62-59-56-53-50-47-44-40-32-29-26-23-20-17-14-11-8-5-2/h7,10,16,19,21,24-25,28-30,32-34,36-37,39,41-42,46,49,68H,4-6,8-9,11-15,17-18,20,22-23,26-27,31,35,38,40,43-45,47-48,50-67H2,1-3H3/b10-7-,19-16-,24-21-,28-25-,32-29-,34-33-,37-36-,41-39-,42-30-,49-46-. The smallest absolute Gasteiger partial charge is 0.306 e. The SMILES string of the molecule is CC/C=C\C/C=C\C/C=C\C/C=C\C/C=C\C/C=C\C/C=C\CCCCCC(=O)OCC(COC(=O)CCCCCCC/C=C\C/C=C\CCCCCC)OC(=O)CCCCCCCCC/C=C\CCCCCCCCC. The monoisotopic (exact) mass is 1070 g/mol. The topological polar surface area (TPSA) is 78.9 Å². The van der Waals surface area contributed by atoms with E-state index in [1.165, 1.54) is 116 Å². The van der Waals surface area contributed by atoms with Crippen molar-refractivity contribution in [1.29, 1.82) is 0 Å². The van der Waals surface area contributed by atoms with Gasteiger partial charge in [-0.15, -0.1) is 0 Å². The molecule has 1 unspecified atom stereocenters. The first-order valence-corrected chi connectivity index (χ1v) is 32.0. The number of carbonyl (C=O) groups excluding carboxylic acids is 3. The molecule has 77 heavy (non-hydrogen) atoms. The van der Waals surface area contributed by atoms with Gasteiger partial charge in [0, 0.05) is 19.3 Å². The van der Waals surface area contributed by atoms with Gasteiger partial charge in [0.1, 0.15) is 13.2 Å². The molecule has 438 valence electrons. The Hall–Kier alpha value is -4.19. The first-order chi connectivity index (χ1) is 38.0. The van der Waals surface area contributed by atoms with Gasteiger partial charge in [0.25, 0.3) is 0 Å². The summed E-state index contributed by atoms with van der Waals surface area (Å²) in [6.07, 6.45) is 89.1. The second-order valence-corrected chi connectivity index (χ2v) is 20.9. The van der Waals surface area contributed by atoms with Crippen LogP contribution in [0.5, 0.6) is 0 Å². The molecule has 0 fully saturated rings. The molecule has 6 nitrogen and oxygen atoms in total. The molecule has 0 N–H and O–H groups in total. The van der Waals surface area contributed by atoms with Crippen LogP contribution < -0.4 is 0 Å². The summed E-state index contributed by atoms with van der Waals surface area (Å²) in [5.74, 6) is -0.946. The van der Waals surface area contributed by atoms with Crippen LogP contribution in [0.25, 0.3) is 0 Å². The van der Waals surface area contributed by atoms with Crippen molar-refractivity contribution in [2.24, 2.45) is 0 Å². The lowest BCUT2D eigenvalue weighted by Gasteiger charge is -2.18. The Morgan fingerprint density at radius 1 is 0.273 bits per heavy atom. The third kappa shape index (κ3) is 62.5. The summed E-state index contributed by atoms with van der Waals surface area (Å²) >= 11 is 0. The fraction of sp³-hybridized carbons (Fsp3) is 0.676. The maximum absolute atomic E-state index is 12.9. The van der Waals surface area contributed by atoms with E-state index in [0.717, 1.165) is 135 Å². The van der Waals surface area contributed by atoms with Crippen LogP contribution in [-0.4, -0.2) is 37.2 Å². The van der Waals surface area contributed by atoms with Crippen LogP contribution in [0.3, 0.4) is 0 Å². The molecule has 0 bridgehead atoms. The fourth-order valence-electron chi connectivity index (χ4n) is 8.62. The van der Waals surface area contributed by atoms with Crippen LogP contribution in [-0.2, 0) is 28.6 Å². The zero-order valence-electron chi connectivity index (χ0n) is 50.2. The van der Waals surface area contributed by atoms with E-state index in [9.17, 15) is 14.4 Å². The predicted molar refractivity (Wildman–Crippen MR) is 334 cm³/mol. The Bertz CT molecular complexity index is 1600. The largest absolute Gasteiger partial charge is 0.462 e. The van der Waals surface area contributed by atoms with Gasteiger partial charge >= 0.3 is 17.9 Å². The van der Waals surface area contributed by atoms with Crippen LogP contribution in [0.1, 0.15) is 290 Å². The van der Waals surface area contributed by atoms with Crippen molar-refractivity contribution in [2.45, 2.75) is 297 Å². The quantitative estimate of drug-likeness (QED) is 0.0261. The van der Waals surface area contributed by atoms with Crippen molar-refractivity contribution in [3.05, 3.63) is 122 Å². The summed E-state index contributed by atoms with van der Waals surface area (Å²) < 4.78 is 16.9. The molecular weight excluding hydrogens is 949 g/mol. The van der Waals surface area contributed by atoms with Gasteiger partial charge in [-0.3, -0.25) is 14.4 Å². The first-order valence-electron chi connectivity index (χ1n) is 32.0. The van der Waals surface area contributed by atoms with Gasteiger partial charge in [-0.2, -0.15) is 0 Å². The zero-order chi connectivity index (χ0) is 55.7. The summed E-state index contributed by atoms with van der Waals surface area (Å²) in [7, 11) is 0. The molecule has 0 aromatic rings. The lowest BCUT2D eigenvalue weighted by Crippen LogP contribution is -2.30. The number of hydrogen-bond donors (Lipinski definition) is 0. The van der Waals surface area contributed by atoms with Crippen LogP contribution in [0.2, 0.25) is 0 Å². The third-order valence-corrected chi connectivity index (χ3v) is 13.4. The number of carbonyl (C=O) groups is 3. The predicted octanol–water partition coefficient (Wildman–Crippen LogP) is 22.0. The van der Waals surface area contributed by atoms with Gasteiger partial charge < -0.3 is 14.2 Å². The molecule has 0 aromatic heterocycles. The van der Waals surface area contributed by atoms with Gasteiger partial charge in [-0.25, -0.2) is 0 Å². The lowest BCUT2D eigenvalue weighted by molar-refractivity contribution is -0.167. The molecule has 0 aliphatic heterocycles. The average Bonchev–Trinajstić information content (AvgIpc) is 3.43. The molecule has 0 aliphatic rings. The van der Waals surface area contributed by atoms with Gasteiger partial charge in [-0.1, -0.05) is 258 Å². The molecule has 0 saturated heterocycles. The van der Waals surface area contributed by atoms with Crippen molar-refractivity contribution >= 4 is 17.9 Å². The summed E-state index contributed by atoms with van der Waals surface area (Å²) in [5, 5.41) is 0. The van der Waals surface area contributed by atoms with E-state index in [1.54, 1.807) is 0 Å². The van der Waals surface area contributed by atoms with Crippen molar-refractivity contribution in [1.82, 2.24) is 0 Å². The normalized spacial score (nSPS) is 12.9. The maximum atomic E-state index is 12.9. The van der Waals surface area contributed by atoms with Crippen molar-refractivity contribution in [3.8, 4) is 0 Å². The molecule has 1 atom stereocenters. The van der Waals surface area contributed by atoms with E-state index >= 15 is 0 Å². The van der Waals surface area contributed by atoms with Gasteiger partial charge in [0.05, 0.1) is 0 Å². The van der Waals surface area contributed by atoms with E-state index < -0.39 is 6.10 Å². The van der Waals surface area contributed by atoms with Crippen LogP contribution in [0.4, 0.5) is 0 Å². The molecule has 6 heteroatoms. The van der Waals surface area contributed by atoms with Gasteiger partial charge in [-0.05, 0) is 135 Å². The molecule has 0 radical (unpaired) electrons. The van der Waals surface area contributed by atoms with Crippen LogP contribution in [0.15, 0.2) is 122 Å². The maximum Gasteiger partial charge on any atom is 0.306 e. The van der Waals surface area contributed by atoms with E-state index in [2.05, 4.69) is 142 Å². The second-order valence-electron chi connectivity index (χ2n) is 20.9. The molecule has 0 heterocycles. The molecule has 0 amide bonds. The van der Waals surface area contributed by atoms with Crippen LogP contribution >= 0.6 is 0 Å². The number of unbranched alkanes of at least 4 members (excludes halogenated alkanes) is 26. The van der Waals surface area contributed by atoms with Gasteiger partial charge in [0.2, 0.25) is 0 Å². The van der Waals surface area contributed by atoms with E-state index in [0.29, 0.717) is 19.3 Å². The number of rotatable bonds is 57. The van der Waals surface area contributed by atoms with Crippen LogP contribution in [0, 0.1) is 0 Å². The average molecular weight is 1070 g/mol. The Morgan fingerprint density at radius 3 is 0.831 bits per heavy atom. The minimum atomic E-state index is -0.805. The van der Waals surface area contributed by atoms with E-state index in [1.807, 2.05) is 0 Å². The fourth-order valence-corrected chi connectivity index (χ4v) is 8.62. The first kappa shape index (κ1) is 72.8. The second kappa shape index (κ2) is 64.3. The van der Waals surface area contributed by atoms with Crippen molar-refractivity contribution in [2.75, 3.05) is 13.2 Å². The highest BCUT2D eigenvalue weighted by Crippen LogP contribution is 2.15. The highest BCUT2D eigenvalue weighted by atomic mass is 16.6. The van der Waals surface area contributed by atoms with Crippen molar-refractivity contribution < 1.29 is 28.6 Å². The van der Waals surface area contributed by atoms with E-state index in [4.69, 9.17) is 14.2 Å². The molecule has 0 spiro atoms. The van der Waals surface area contributed by atoms with Crippen molar-refractivity contribution in [3.63, 3.8) is 0 Å². The highest BCUT2D eigenvalue weighted by molar-refractivity contribution is 5.71. The molecule has 0 aliphatic carbocycles. The zero-order valence-corrected chi connectivity index (χ0v) is 50.2. The molecule has 0 rings (SSSR count). The lowest BCUT2D eigenvalue weighted by atomic mass is 10.1. The highest BCUT2D eigenvalue weighted by Gasteiger charge is 2.19. The Labute approximate surface area is 475 Å². The minimum Gasteiger partial charge on any atom is -0.462 e. The Balaban J connectivity index is 4.47.